The number of carboxylic acid groups (broad SMARTS) is 1. The molecule has 0 spiro atoms. The number of hydrogen-bond donors (Lipinski definition) is 3. The minimum Gasteiger partial charge on any atom is -0.479 e. The zero-order chi connectivity index (χ0) is 56.1. The van der Waals surface area contributed by atoms with Crippen molar-refractivity contribution >= 4 is 23.9 Å². The Morgan fingerprint density at radius 3 is 1.27 bits per heavy atom. The summed E-state index contributed by atoms with van der Waals surface area (Å²) in [6.07, 6.45) is 57.7. The van der Waals surface area contributed by atoms with Crippen LogP contribution >= 0.6 is 0 Å². The van der Waals surface area contributed by atoms with E-state index in [1.165, 1.54) is 25.7 Å². The number of ether oxygens (including phenoxy) is 5. The number of unbranched alkanes of at least 4 members (excludes halogenated alkanes) is 17. The highest BCUT2D eigenvalue weighted by Gasteiger charge is 2.50. The normalized spacial score (nSPS) is 18.8. The standard InChI is InChI=1S/C65H104O12/c1-4-7-10-13-16-19-22-25-27-28-29-30-32-34-36-39-42-45-48-51-57(66)73-54-56(75-58(67)52-49-46-43-40-37-33-24-21-18-15-12-9-6-3)55-74-65-63(61(70)60(69)62(77-65)64(71)72)76-59(68)53-50-47-44-41-38-35-31-26-23-20-17-14-11-8-5-2/h7-8,10-11,16-17,19-21,24-27,29-31,34,36,56,60-63,65,69-70H,4-6,9,12-15,18,22-23,28,32-33,35,37-55H2,1-3H3,(H,71,72)/b10-7-,11-8-,19-16-,20-17-,24-21-,27-25-,30-29-,31-26-,36-34-. The number of aliphatic hydroxyl groups excluding tert-OH is 2. The summed E-state index contributed by atoms with van der Waals surface area (Å²) in [7, 11) is 0. The van der Waals surface area contributed by atoms with Crippen molar-refractivity contribution in [3.05, 3.63) is 109 Å². The topological polar surface area (TPSA) is 175 Å². The van der Waals surface area contributed by atoms with E-state index in [2.05, 4.69) is 130 Å². The first-order valence-corrected chi connectivity index (χ1v) is 29.9. The maximum Gasteiger partial charge on any atom is 0.335 e. The summed E-state index contributed by atoms with van der Waals surface area (Å²) in [6.45, 7) is 5.70. The van der Waals surface area contributed by atoms with Crippen LogP contribution < -0.4 is 0 Å². The predicted octanol–water partition coefficient (Wildman–Crippen LogP) is 15.4. The van der Waals surface area contributed by atoms with Gasteiger partial charge in [-0.05, 0) is 122 Å². The van der Waals surface area contributed by atoms with Crippen LogP contribution in [0.4, 0.5) is 0 Å². The van der Waals surface area contributed by atoms with Gasteiger partial charge in [0.2, 0.25) is 0 Å². The lowest BCUT2D eigenvalue weighted by Gasteiger charge is -2.40. The van der Waals surface area contributed by atoms with Gasteiger partial charge < -0.3 is 39.0 Å². The summed E-state index contributed by atoms with van der Waals surface area (Å²) >= 11 is 0. The van der Waals surface area contributed by atoms with Crippen LogP contribution in [0.15, 0.2) is 109 Å². The zero-order valence-corrected chi connectivity index (χ0v) is 47.9. The average Bonchev–Trinajstić information content (AvgIpc) is 3.42. The van der Waals surface area contributed by atoms with Gasteiger partial charge in [-0.2, -0.15) is 0 Å². The molecule has 0 radical (unpaired) electrons. The number of esters is 3. The van der Waals surface area contributed by atoms with Crippen LogP contribution in [-0.4, -0.2) is 89.2 Å². The lowest BCUT2D eigenvalue weighted by atomic mass is 9.98. The van der Waals surface area contributed by atoms with Crippen molar-refractivity contribution in [2.45, 2.75) is 263 Å². The third kappa shape index (κ3) is 42.1. The molecule has 1 rings (SSSR count). The van der Waals surface area contributed by atoms with E-state index in [9.17, 15) is 34.5 Å². The molecule has 1 saturated heterocycles. The fourth-order valence-electron chi connectivity index (χ4n) is 8.28. The molecule has 0 saturated carbocycles. The first-order chi connectivity index (χ1) is 37.6. The average molecular weight is 1080 g/mol. The van der Waals surface area contributed by atoms with Gasteiger partial charge >= 0.3 is 23.9 Å². The smallest absolute Gasteiger partial charge is 0.335 e. The van der Waals surface area contributed by atoms with Crippen molar-refractivity contribution in [3.63, 3.8) is 0 Å². The quantitative estimate of drug-likeness (QED) is 0.0228. The first kappa shape index (κ1) is 70.4. The van der Waals surface area contributed by atoms with Gasteiger partial charge in [-0.25, -0.2) is 4.79 Å². The fourth-order valence-corrected chi connectivity index (χ4v) is 8.28. The van der Waals surface area contributed by atoms with Crippen LogP contribution in [-0.2, 0) is 42.9 Å². The Balaban J connectivity index is 2.72. The van der Waals surface area contributed by atoms with E-state index in [-0.39, 0.29) is 25.9 Å². The van der Waals surface area contributed by atoms with E-state index in [1.807, 2.05) is 0 Å². The summed E-state index contributed by atoms with van der Waals surface area (Å²) in [5.74, 6) is -3.21. The summed E-state index contributed by atoms with van der Waals surface area (Å²) in [6, 6.07) is 0. The van der Waals surface area contributed by atoms with E-state index in [4.69, 9.17) is 23.7 Å². The monoisotopic (exact) mass is 1080 g/mol. The van der Waals surface area contributed by atoms with E-state index in [0.29, 0.717) is 19.3 Å². The molecule has 1 fully saturated rings. The van der Waals surface area contributed by atoms with Crippen molar-refractivity contribution < 1.29 is 58.2 Å². The van der Waals surface area contributed by atoms with Gasteiger partial charge in [-0.3, -0.25) is 14.4 Å². The molecule has 12 heteroatoms. The number of rotatable bonds is 49. The van der Waals surface area contributed by atoms with Crippen LogP contribution in [0.5, 0.6) is 0 Å². The second-order valence-electron chi connectivity index (χ2n) is 19.9. The Labute approximate surface area is 465 Å². The number of carbonyl (C=O) groups is 4. The van der Waals surface area contributed by atoms with Crippen LogP contribution in [0.25, 0.3) is 0 Å². The van der Waals surface area contributed by atoms with E-state index < -0.39 is 67.3 Å². The third-order valence-corrected chi connectivity index (χ3v) is 12.8. The van der Waals surface area contributed by atoms with Gasteiger partial charge in [-0.15, -0.1) is 0 Å². The van der Waals surface area contributed by atoms with Crippen molar-refractivity contribution in [1.29, 1.82) is 0 Å². The summed E-state index contributed by atoms with van der Waals surface area (Å²) in [4.78, 5) is 51.1. The predicted molar refractivity (Wildman–Crippen MR) is 312 cm³/mol. The Kier molecular flexibility index (Phi) is 47.6. The number of carboxylic acids is 1. The first-order valence-electron chi connectivity index (χ1n) is 29.9. The molecule has 77 heavy (non-hydrogen) atoms. The van der Waals surface area contributed by atoms with E-state index >= 15 is 0 Å². The molecule has 1 aliphatic rings. The number of aliphatic hydroxyl groups is 2. The summed E-state index contributed by atoms with van der Waals surface area (Å²) in [5.41, 5.74) is 0. The minimum absolute atomic E-state index is 0.0316. The van der Waals surface area contributed by atoms with Crippen LogP contribution in [0.3, 0.4) is 0 Å². The fraction of sp³-hybridized carbons (Fsp3) is 0.662. The highest BCUT2D eigenvalue weighted by Crippen LogP contribution is 2.26. The Bertz CT molecular complexity index is 1750. The SMILES string of the molecule is CC/C=C\C/C=C\C/C=C\C/C=C\C/C=C\CCCCCC(=O)OCC(COC1OC(C(=O)O)C(O)C(O)C1OC(=O)CCCCCCC/C=C\C/C=C\C/C=C\CC)OC(=O)CCCCCCC/C=C\CCCCCC. The maximum absolute atomic E-state index is 13.1. The van der Waals surface area contributed by atoms with Gasteiger partial charge in [0, 0.05) is 19.3 Å². The Hall–Kier alpha value is -4.62. The van der Waals surface area contributed by atoms with E-state index in [1.54, 1.807) is 0 Å². The highest BCUT2D eigenvalue weighted by atomic mass is 16.7. The lowest BCUT2D eigenvalue weighted by molar-refractivity contribution is -0.301. The number of hydrogen-bond acceptors (Lipinski definition) is 11. The van der Waals surface area contributed by atoms with Crippen LogP contribution in [0.2, 0.25) is 0 Å². The molecule has 6 atom stereocenters. The molecule has 0 bridgehead atoms. The molecule has 436 valence electrons. The third-order valence-electron chi connectivity index (χ3n) is 12.8. The Morgan fingerprint density at radius 2 is 0.818 bits per heavy atom. The molecule has 0 aromatic heterocycles. The van der Waals surface area contributed by atoms with Gasteiger partial charge in [0.15, 0.2) is 24.6 Å². The molecule has 12 nitrogen and oxygen atoms in total. The van der Waals surface area contributed by atoms with Gasteiger partial charge in [0.1, 0.15) is 18.8 Å². The Morgan fingerprint density at radius 1 is 0.442 bits per heavy atom. The molecule has 3 N–H and O–H groups in total. The number of allylic oxidation sites excluding steroid dienone is 18. The van der Waals surface area contributed by atoms with Gasteiger partial charge in [0.05, 0.1) is 6.61 Å². The van der Waals surface area contributed by atoms with Crippen molar-refractivity contribution in [2.75, 3.05) is 13.2 Å². The number of aliphatic carboxylic acids is 1. The molecule has 6 unspecified atom stereocenters. The molecular formula is C65H104O12. The van der Waals surface area contributed by atoms with Gasteiger partial charge in [-0.1, -0.05) is 194 Å². The van der Waals surface area contributed by atoms with E-state index in [0.717, 1.165) is 141 Å². The largest absolute Gasteiger partial charge is 0.479 e. The molecule has 1 heterocycles. The second kappa shape index (κ2) is 52.1. The second-order valence-corrected chi connectivity index (χ2v) is 19.9. The summed E-state index contributed by atoms with van der Waals surface area (Å²) < 4.78 is 28.4. The lowest BCUT2D eigenvalue weighted by Crippen LogP contribution is -2.61. The molecule has 0 amide bonds. The molecule has 1 aliphatic heterocycles. The summed E-state index contributed by atoms with van der Waals surface area (Å²) in [5, 5.41) is 31.5. The van der Waals surface area contributed by atoms with Crippen molar-refractivity contribution in [1.82, 2.24) is 0 Å². The van der Waals surface area contributed by atoms with Crippen LogP contribution in [0.1, 0.15) is 226 Å². The van der Waals surface area contributed by atoms with Crippen molar-refractivity contribution in [3.8, 4) is 0 Å². The van der Waals surface area contributed by atoms with Gasteiger partial charge in [0.25, 0.3) is 0 Å². The number of carbonyl (C=O) groups excluding carboxylic acids is 3. The minimum atomic E-state index is -1.92. The highest BCUT2D eigenvalue weighted by molar-refractivity contribution is 5.74. The van der Waals surface area contributed by atoms with Crippen molar-refractivity contribution in [2.24, 2.45) is 0 Å². The van der Waals surface area contributed by atoms with Crippen LogP contribution in [0, 0.1) is 0 Å². The molecular weight excluding hydrogens is 973 g/mol. The molecule has 0 aromatic rings. The molecule has 0 aromatic carbocycles. The maximum atomic E-state index is 13.1. The molecule has 0 aliphatic carbocycles. The zero-order valence-electron chi connectivity index (χ0n) is 47.9.